The van der Waals surface area contributed by atoms with E-state index in [1.807, 2.05) is 55.5 Å². The van der Waals surface area contributed by atoms with Crippen molar-refractivity contribution in [1.29, 1.82) is 0 Å². The minimum atomic E-state index is -2.40. The molecule has 0 fully saturated rings. The van der Waals surface area contributed by atoms with Crippen molar-refractivity contribution >= 4 is 28.7 Å². The molecule has 0 aliphatic rings. The van der Waals surface area contributed by atoms with Crippen molar-refractivity contribution in [2.45, 2.75) is 6.92 Å². The third-order valence-electron chi connectivity index (χ3n) is 5.49. The number of halogens is 2. The van der Waals surface area contributed by atoms with Gasteiger partial charge in [0.1, 0.15) is 21.5 Å². The Balaban J connectivity index is 0.00000289. The summed E-state index contributed by atoms with van der Waals surface area (Å²) in [6, 6.07) is 41.6. The molecule has 4 aromatic rings. The van der Waals surface area contributed by atoms with Crippen molar-refractivity contribution in [2.75, 3.05) is 0 Å². The molecule has 1 N–H and O–H groups in total. The second kappa shape index (κ2) is 13.6. The molecule has 0 aliphatic carbocycles. The molecule has 0 heterocycles. The van der Waals surface area contributed by atoms with Crippen molar-refractivity contribution in [3.8, 4) is 0 Å². The van der Waals surface area contributed by atoms with Crippen LogP contribution in [0.15, 0.2) is 132 Å². The maximum atomic E-state index is 8.67. The molecule has 0 aliphatic heterocycles. The molecule has 0 unspecified atom stereocenters. The number of hydrogen-bond acceptors (Lipinski definition) is 0. The van der Waals surface area contributed by atoms with Crippen molar-refractivity contribution in [3.63, 3.8) is 0 Å². The van der Waals surface area contributed by atoms with Gasteiger partial charge in [-0.25, -0.2) is 0 Å². The number of benzene rings is 4. The largest absolute Gasteiger partial charge is 2.00 e. The average molecular weight is 682 g/mol. The van der Waals surface area contributed by atoms with E-state index in [9.17, 15) is 0 Å². The monoisotopic (exact) mass is 682 g/mol. The average Bonchev–Trinajstić information content (AvgIpc) is 2.82. The number of rotatable bonds is 6. The van der Waals surface area contributed by atoms with E-state index in [1.165, 1.54) is 15.9 Å². The van der Waals surface area contributed by atoms with E-state index in [4.69, 9.17) is 12.3 Å². The fraction of sp³-hybridized carbons (Fsp3) is 0.0345. The summed E-state index contributed by atoms with van der Waals surface area (Å²) in [5.74, 6) is 0. The molecular weight excluding hydrogens is 654 g/mol. The molecule has 0 spiro atoms. The maximum Gasteiger partial charge on any atom is 2.00 e. The van der Waals surface area contributed by atoms with Gasteiger partial charge in [0.2, 0.25) is 0 Å². The molecule has 1 nitrogen and oxygen atoms in total. The molecule has 5 heteroatoms. The molecule has 4 rings (SSSR count). The van der Waals surface area contributed by atoms with Crippen LogP contribution >= 0.6 is 7.26 Å². The molecule has 4 aromatic carbocycles. The van der Waals surface area contributed by atoms with Crippen LogP contribution in [-0.2, 0) is 19.8 Å². The Hall–Kier alpha value is -2.28. The van der Waals surface area contributed by atoms with Crippen LogP contribution in [0.25, 0.3) is 11.3 Å². The van der Waals surface area contributed by atoms with E-state index >= 15 is 0 Å². The summed E-state index contributed by atoms with van der Waals surface area (Å²) in [5, 5.41) is 4.30. The van der Waals surface area contributed by atoms with E-state index in [0.29, 0.717) is 5.70 Å². The summed E-state index contributed by atoms with van der Waals surface area (Å²) in [6.07, 6.45) is 0. The molecule has 0 atom stereocenters. The van der Waals surface area contributed by atoms with Crippen LogP contribution in [0, 0.1) is 6.58 Å². The first-order valence-electron chi connectivity index (χ1n) is 10.3. The van der Waals surface area contributed by atoms with Crippen molar-refractivity contribution in [2.24, 2.45) is 0 Å². The topological polar surface area (TPSA) is 23.8 Å². The molecule has 0 amide bonds. The smallest absolute Gasteiger partial charge is 1.00 e. The van der Waals surface area contributed by atoms with Crippen LogP contribution in [0.5, 0.6) is 0 Å². The summed E-state index contributed by atoms with van der Waals surface area (Å²) in [6.45, 7) is 9.04. The van der Waals surface area contributed by atoms with Crippen LogP contribution in [-0.4, -0.2) is 0 Å². The second-order valence-electron chi connectivity index (χ2n) is 7.43. The fourth-order valence-corrected chi connectivity index (χ4v) is 8.37. The van der Waals surface area contributed by atoms with Gasteiger partial charge in [-0.3, -0.25) is 0 Å². The Kier molecular flexibility index (Phi) is 11.9. The van der Waals surface area contributed by atoms with Gasteiger partial charge in [0.05, 0.1) is 12.1 Å². The molecule has 0 radical (unpaired) electrons. The van der Waals surface area contributed by atoms with E-state index in [-0.39, 0.29) is 46.0 Å². The van der Waals surface area contributed by atoms with E-state index < -0.39 is 7.26 Å². The minimum Gasteiger partial charge on any atom is -1.00 e. The standard InChI is InChI=1S/C29H25NP.2ClH.Os.H2/c1-23(30)29(25-15-7-3-8-16-25)24(2)31(26-17-9-4-10-18-26,27-19-11-5-12-20-27)28-21-13-6-14-22-28;;;;/h2-22,30H,1H3;2*1H;;1H/q+1;;;+2;/p-2/b29-23+;;;;. The minimum absolute atomic E-state index is 0. The van der Waals surface area contributed by atoms with Gasteiger partial charge in [-0.15, -0.1) is 0 Å². The third-order valence-corrected chi connectivity index (χ3v) is 9.65. The Morgan fingerprint density at radius 1 is 0.618 bits per heavy atom. The Labute approximate surface area is 230 Å². The van der Waals surface area contributed by atoms with Crippen LogP contribution in [0.4, 0.5) is 0 Å². The number of nitrogens with one attached hydrogen (secondary N) is 1. The molecule has 0 saturated heterocycles. The summed E-state index contributed by atoms with van der Waals surface area (Å²) in [7, 11) is -2.40. The van der Waals surface area contributed by atoms with E-state index in [0.717, 1.165) is 16.5 Å². The zero-order valence-corrected chi connectivity index (χ0v) is 23.6. The molecule has 34 heavy (non-hydrogen) atoms. The maximum absolute atomic E-state index is 8.67. The molecule has 0 bridgehead atoms. The summed E-state index contributed by atoms with van der Waals surface area (Å²) in [4.78, 5) is 0. The van der Waals surface area contributed by atoms with Gasteiger partial charge in [-0.1, -0.05) is 78.5 Å². The van der Waals surface area contributed by atoms with Crippen molar-refractivity contribution in [1.82, 2.24) is 0 Å². The van der Waals surface area contributed by atoms with E-state index in [2.05, 4.69) is 72.8 Å². The SMILES string of the molecule is [CH+]=C(/C(=C(/C)[NH-])c1ccccc1)[P+](c1ccccc1)(c1ccccc1)c1ccccc1.[Cl-].[Cl-].[HH].[Os+2]. The van der Waals surface area contributed by atoms with Crippen molar-refractivity contribution < 1.29 is 46.0 Å². The molecular formula is C29H27Cl2NOsP+. The second-order valence-corrected chi connectivity index (χ2v) is 10.8. The Morgan fingerprint density at radius 3 is 1.21 bits per heavy atom. The van der Waals surface area contributed by atoms with Crippen LogP contribution in [0.3, 0.4) is 0 Å². The first kappa shape index (κ1) is 29.7. The molecule has 174 valence electrons. The predicted octanol–water partition coefficient (Wildman–Crippen LogP) is 1.03. The van der Waals surface area contributed by atoms with Crippen molar-refractivity contribution in [3.05, 3.63) is 150 Å². The number of hydrogen-bond donors (Lipinski definition) is 0. The first-order chi connectivity index (χ1) is 15.2. The van der Waals surface area contributed by atoms with Crippen LogP contribution < -0.4 is 40.7 Å². The quantitative estimate of drug-likeness (QED) is 0.165. The predicted molar refractivity (Wildman–Crippen MR) is 138 cm³/mol. The summed E-state index contributed by atoms with van der Waals surface area (Å²) >= 11 is 0. The van der Waals surface area contributed by atoms with Gasteiger partial charge in [-0.05, 0) is 55.5 Å². The molecule has 0 saturated carbocycles. The summed E-state index contributed by atoms with van der Waals surface area (Å²) < 4.78 is 0. The van der Waals surface area contributed by atoms with Gasteiger partial charge in [0.15, 0.2) is 7.26 Å². The van der Waals surface area contributed by atoms with Crippen LogP contribution in [0.2, 0.25) is 0 Å². The summed E-state index contributed by atoms with van der Waals surface area (Å²) in [5.41, 5.74) is 10.9. The number of allylic oxidation sites excluding steroid dienone is 3. The van der Waals surface area contributed by atoms with Crippen LogP contribution in [0.1, 0.15) is 13.9 Å². The molecule has 0 aromatic heterocycles. The zero-order valence-electron chi connectivity index (χ0n) is 18.7. The van der Waals surface area contributed by atoms with E-state index in [1.54, 1.807) is 0 Å². The van der Waals surface area contributed by atoms with Gasteiger partial charge in [0.25, 0.3) is 0 Å². The van der Waals surface area contributed by atoms with Gasteiger partial charge in [0, 0.05) is 1.43 Å². The fourth-order valence-electron chi connectivity index (χ4n) is 4.15. The van der Waals surface area contributed by atoms with Gasteiger partial charge >= 0.3 is 25.1 Å². The van der Waals surface area contributed by atoms with Gasteiger partial charge in [-0.2, -0.15) is 0 Å². The zero-order chi connectivity index (χ0) is 21.7. The Morgan fingerprint density at radius 2 is 0.912 bits per heavy atom. The Bertz CT molecular complexity index is 1100. The first-order valence-corrected chi connectivity index (χ1v) is 12.1. The van der Waals surface area contributed by atoms with Gasteiger partial charge < -0.3 is 30.5 Å². The normalized spacial score (nSPS) is 11.1. The third kappa shape index (κ3) is 5.67.